The van der Waals surface area contributed by atoms with Gasteiger partial charge in [0.25, 0.3) is 15.9 Å². The summed E-state index contributed by atoms with van der Waals surface area (Å²) in [6.07, 6.45) is 0. The molecule has 0 radical (unpaired) electrons. The van der Waals surface area contributed by atoms with E-state index in [4.69, 9.17) is 10.00 Å². The number of nitriles is 1. The summed E-state index contributed by atoms with van der Waals surface area (Å²) < 4.78 is 32.0. The van der Waals surface area contributed by atoms with Crippen LogP contribution in [0.25, 0.3) is 0 Å². The summed E-state index contributed by atoms with van der Waals surface area (Å²) in [7, 11) is -2.26. The summed E-state index contributed by atoms with van der Waals surface area (Å²) in [4.78, 5) is 12.5. The van der Waals surface area contributed by atoms with Crippen molar-refractivity contribution in [2.75, 3.05) is 23.3 Å². The van der Waals surface area contributed by atoms with E-state index in [1.807, 2.05) is 12.1 Å². The minimum Gasteiger partial charge on any atom is -0.479 e. The normalized spacial score (nSPS) is 10.7. The van der Waals surface area contributed by atoms with Gasteiger partial charge in [-0.05, 0) is 60.7 Å². The fourth-order valence-electron chi connectivity index (χ4n) is 2.67. The molecule has 0 aliphatic rings. The minimum atomic E-state index is -3.74. The maximum Gasteiger partial charge on any atom is 0.264 e. The van der Waals surface area contributed by atoms with Crippen molar-refractivity contribution in [1.82, 2.24) is 0 Å². The van der Waals surface area contributed by atoms with Crippen molar-refractivity contribution >= 4 is 27.3 Å². The third-order valence-electron chi connectivity index (χ3n) is 4.31. The Morgan fingerprint density at radius 3 is 2.23 bits per heavy atom. The van der Waals surface area contributed by atoms with Crippen molar-refractivity contribution in [2.45, 2.75) is 4.90 Å². The first-order valence-corrected chi connectivity index (χ1v) is 10.4. The van der Waals surface area contributed by atoms with Gasteiger partial charge in [-0.1, -0.05) is 18.2 Å². The molecule has 3 aromatic carbocycles. The van der Waals surface area contributed by atoms with Crippen LogP contribution in [0.2, 0.25) is 0 Å². The highest BCUT2D eigenvalue weighted by Crippen LogP contribution is 2.22. The largest absolute Gasteiger partial charge is 0.479 e. The molecular formula is C22H19N3O4S. The van der Waals surface area contributed by atoms with Gasteiger partial charge >= 0.3 is 0 Å². The molecule has 8 heteroatoms. The number of anilines is 2. The van der Waals surface area contributed by atoms with Crippen LogP contribution in [0.5, 0.6) is 5.75 Å². The fourth-order valence-corrected chi connectivity index (χ4v) is 3.86. The van der Waals surface area contributed by atoms with Crippen molar-refractivity contribution in [2.24, 2.45) is 0 Å². The number of nitrogens with zero attached hydrogens (tertiary/aromatic N) is 2. The monoisotopic (exact) mass is 421 g/mol. The van der Waals surface area contributed by atoms with Crippen LogP contribution in [0.1, 0.15) is 10.4 Å². The van der Waals surface area contributed by atoms with E-state index in [9.17, 15) is 13.2 Å². The van der Waals surface area contributed by atoms with Gasteiger partial charge in [0.1, 0.15) is 11.8 Å². The van der Waals surface area contributed by atoms with E-state index in [2.05, 4.69) is 5.32 Å². The highest BCUT2D eigenvalue weighted by molar-refractivity contribution is 7.92. The molecule has 1 N–H and O–H groups in total. The second-order valence-corrected chi connectivity index (χ2v) is 8.23. The molecule has 0 aromatic heterocycles. The molecule has 0 saturated heterocycles. The first kappa shape index (κ1) is 20.9. The Morgan fingerprint density at radius 2 is 1.63 bits per heavy atom. The number of nitrogens with one attached hydrogen (secondary N) is 1. The summed E-state index contributed by atoms with van der Waals surface area (Å²) in [5.41, 5.74) is 1.41. The predicted octanol–water partition coefficient (Wildman–Crippen LogP) is 3.67. The molecule has 0 saturated carbocycles. The zero-order valence-corrected chi connectivity index (χ0v) is 17.0. The number of amides is 1. The van der Waals surface area contributed by atoms with E-state index < -0.39 is 10.0 Å². The Balaban J connectivity index is 1.70. The number of hydrogen-bond acceptors (Lipinski definition) is 5. The van der Waals surface area contributed by atoms with E-state index >= 15 is 0 Å². The topological polar surface area (TPSA) is 99.5 Å². The second-order valence-electron chi connectivity index (χ2n) is 6.26. The zero-order chi connectivity index (χ0) is 21.6. The van der Waals surface area contributed by atoms with Gasteiger partial charge in [-0.15, -0.1) is 0 Å². The molecule has 0 spiro atoms. The molecule has 3 rings (SSSR count). The van der Waals surface area contributed by atoms with Gasteiger partial charge in [-0.25, -0.2) is 8.42 Å². The molecule has 0 heterocycles. The van der Waals surface area contributed by atoms with Crippen molar-refractivity contribution < 1.29 is 17.9 Å². The van der Waals surface area contributed by atoms with Crippen LogP contribution in [0.15, 0.2) is 83.8 Å². The SMILES string of the molecule is CN(c1ccccc1)S(=O)(=O)c1ccc(C(=O)Nc2ccc(OCC#N)cc2)cc1. The van der Waals surface area contributed by atoms with Crippen molar-refractivity contribution in [3.05, 3.63) is 84.4 Å². The summed E-state index contributed by atoms with van der Waals surface area (Å²) >= 11 is 0. The number of sulfonamides is 1. The number of benzene rings is 3. The summed E-state index contributed by atoms with van der Waals surface area (Å²) in [6, 6.07) is 22.9. The van der Waals surface area contributed by atoms with Crippen LogP contribution in [0.4, 0.5) is 11.4 Å². The van der Waals surface area contributed by atoms with Gasteiger partial charge in [0.2, 0.25) is 0 Å². The van der Waals surface area contributed by atoms with E-state index in [0.717, 1.165) is 0 Å². The maximum absolute atomic E-state index is 12.8. The lowest BCUT2D eigenvalue weighted by Crippen LogP contribution is -2.26. The van der Waals surface area contributed by atoms with Crippen LogP contribution in [-0.2, 0) is 10.0 Å². The lowest BCUT2D eigenvalue weighted by molar-refractivity contribution is 0.102. The molecule has 0 unspecified atom stereocenters. The van der Waals surface area contributed by atoms with E-state index in [1.54, 1.807) is 48.5 Å². The summed E-state index contributed by atoms with van der Waals surface area (Å²) in [5.74, 6) is 0.146. The highest BCUT2D eigenvalue weighted by Gasteiger charge is 2.21. The van der Waals surface area contributed by atoms with Gasteiger partial charge in [-0.2, -0.15) is 5.26 Å². The predicted molar refractivity (Wildman–Crippen MR) is 114 cm³/mol. The van der Waals surface area contributed by atoms with Crippen molar-refractivity contribution in [1.29, 1.82) is 5.26 Å². The molecule has 152 valence electrons. The van der Waals surface area contributed by atoms with Gasteiger partial charge in [0.05, 0.1) is 10.6 Å². The van der Waals surface area contributed by atoms with E-state index in [0.29, 0.717) is 22.7 Å². The van der Waals surface area contributed by atoms with Gasteiger partial charge < -0.3 is 10.1 Å². The second kappa shape index (κ2) is 9.11. The Labute approximate surface area is 175 Å². The average molecular weight is 421 g/mol. The fraction of sp³-hybridized carbons (Fsp3) is 0.0909. The standard InChI is InChI=1S/C22H19N3O4S/c1-25(19-5-3-2-4-6-19)30(27,28)21-13-7-17(8-14-21)22(26)24-18-9-11-20(12-10-18)29-16-15-23/h2-14H,16H2,1H3,(H,24,26). The molecule has 7 nitrogen and oxygen atoms in total. The molecule has 0 fully saturated rings. The minimum absolute atomic E-state index is 0.0551. The quantitative estimate of drug-likeness (QED) is 0.627. The Bertz CT molecular complexity index is 1150. The van der Waals surface area contributed by atoms with Gasteiger partial charge in [0.15, 0.2) is 6.61 Å². The van der Waals surface area contributed by atoms with E-state index in [1.165, 1.54) is 35.6 Å². The molecule has 0 aliphatic carbocycles. The zero-order valence-electron chi connectivity index (χ0n) is 16.1. The Kier molecular flexibility index (Phi) is 6.35. The molecule has 0 aliphatic heterocycles. The molecule has 0 bridgehead atoms. The van der Waals surface area contributed by atoms with Crippen molar-refractivity contribution in [3.8, 4) is 11.8 Å². The number of carbonyl (C=O) groups excluding carboxylic acids is 1. The Hall–Kier alpha value is -3.83. The maximum atomic E-state index is 12.8. The van der Waals surface area contributed by atoms with Crippen LogP contribution in [0.3, 0.4) is 0 Å². The van der Waals surface area contributed by atoms with Gasteiger partial charge in [-0.3, -0.25) is 9.10 Å². The first-order valence-electron chi connectivity index (χ1n) is 8.97. The number of hydrogen-bond donors (Lipinski definition) is 1. The van der Waals surface area contributed by atoms with E-state index in [-0.39, 0.29) is 17.4 Å². The number of ether oxygens (including phenoxy) is 1. The third-order valence-corrected chi connectivity index (χ3v) is 6.11. The molecule has 3 aromatic rings. The first-order chi connectivity index (χ1) is 14.4. The average Bonchev–Trinajstić information content (AvgIpc) is 2.78. The lowest BCUT2D eigenvalue weighted by Gasteiger charge is -2.19. The molecule has 0 atom stereocenters. The van der Waals surface area contributed by atoms with Crippen LogP contribution in [0, 0.1) is 11.3 Å². The number of rotatable bonds is 7. The van der Waals surface area contributed by atoms with Crippen LogP contribution >= 0.6 is 0 Å². The van der Waals surface area contributed by atoms with Crippen LogP contribution in [-0.4, -0.2) is 28.0 Å². The molecular weight excluding hydrogens is 402 g/mol. The highest BCUT2D eigenvalue weighted by atomic mass is 32.2. The molecule has 30 heavy (non-hydrogen) atoms. The summed E-state index contributed by atoms with van der Waals surface area (Å²) in [5, 5.41) is 11.2. The number of para-hydroxylation sites is 1. The van der Waals surface area contributed by atoms with Gasteiger partial charge in [0, 0.05) is 18.3 Å². The third kappa shape index (κ3) is 4.77. The smallest absolute Gasteiger partial charge is 0.264 e. The van der Waals surface area contributed by atoms with Crippen LogP contribution < -0.4 is 14.4 Å². The Morgan fingerprint density at radius 1 is 1.00 bits per heavy atom. The summed E-state index contributed by atoms with van der Waals surface area (Å²) in [6.45, 7) is -0.0551. The number of carbonyl (C=O) groups is 1. The van der Waals surface area contributed by atoms with Crippen molar-refractivity contribution in [3.63, 3.8) is 0 Å². The lowest BCUT2D eigenvalue weighted by atomic mass is 10.2. The molecule has 1 amide bonds.